The van der Waals surface area contributed by atoms with Crippen molar-refractivity contribution in [2.75, 3.05) is 26.8 Å². The summed E-state index contributed by atoms with van der Waals surface area (Å²) in [6.07, 6.45) is 2.52. The maximum Gasteiger partial charge on any atom is 0.312 e. The average Bonchev–Trinajstić information content (AvgIpc) is 3.32. The highest BCUT2D eigenvalue weighted by atomic mass is 16.5. The average molecular weight is 291 g/mol. The molecule has 0 aliphatic heterocycles. The Morgan fingerprint density at radius 3 is 2.57 bits per heavy atom. The van der Waals surface area contributed by atoms with Crippen LogP contribution in [0.5, 0.6) is 0 Å². The van der Waals surface area contributed by atoms with Crippen molar-refractivity contribution in [3.05, 3.63) is 35.9 Å². The lowest BCUT2D eigenvalue weighted by Crippen LogP contribution is -2.41. The van der Waals surface area contributed by atoms with Gasteiger partial charge in [0.25, 0.3) is 0 Å². The molecule has 0 amide bonds. The molecule has 0 saturated heterocycles. The molecule has 1 aromatic carbocycles. The van der Waals surface area contributed by atoms with Crippen LogP contribution >= 0.6 is 0 Å². The first-order chi connectivity index (χ1) is 10.1. The predicted molar refractivity (Wildman–Crippen MR) is 82.5 cm³/mol. The van der Waals surface area contributed by atoms with Gasteiger partial charge in [0.1, 0.15) is 0 Å². The Kier molecular flexibility index (Phi) is 5.76. The van der Waals surface area contributed by atoms with Crippen LogP contribution in [-0.4, -0.2) is 48.8 Å². The fourth-order valence-corrected chi connectivity index (χ4v) is 2.79. The Morgan fingerprint density at radius 1 is 1.38 bits per heavy atom. The predicted octanol–water partition coefficient (Wildman–Crippen LogP) is 2.60. The first kappa shape index (κ1) is 16.0. The van der Waals surface area contributed by atoms with Gasteiger partial charge in [-0.1, -0.05) is 30.3 Å². The van der Waals surface area contributed by atoms with E-state index in [1.165, 1.54) is 12.8 Å². The summed E-state index contributed by atoms with van der Waals surface area (Å²) in [6, 6.07) is 9.93. The smallest absolute Gasteiger partial charge is 0.312 e. The van der Waals surface area contributed by atoms with Crippen molar-refractivity contribution >= 4 is 5.97 Å². The van der Waals surface area contributed by atoms with Crippen molar-refractivity contribution in [2.24, 2.45) is 5.92 Å². The van der Waals surface area contributed by atoms with Crippen molar-refractivity contribution in [3.63, 3.8) is 0 Å². The van der Waals surface area contributed by atoms with Crippen molar-refractivity contribution in [1.29, 1.82) is 0 Å². The number of rotatable bonds is 9. The van der Waals surface area contributed by atoms with E-state index in [2.05, 4.69) is 11.8 Å². The standard InChI is InChI=1S/C17H25NO3/c1-13(14-8-9-14)18(10-11-21-2)12-16(17(19)20)15-6-4-3-5-7-15/h3-7,13-14,16H,8-12H2,1-2H3,(H,19,20). The van der Waals surface area contributed by atoms with Gasteiger partial charge in [0.15, 0.2) is 0 Å². The second kappa shape index (κ2) is 7.57. The summed E-state index contributed by atoms with van der Waals surface area (Å²) in [5, 5.41) is 9.58. The van der Waals surface area contributed by atoms with E-state index >= 15 is 0 Å². The first-order valence-electron chi connectivity index (χ1n) is 7.64. The van der Waals surface area contributed by atoms with E-state index in [1.807, 2.05) is 30.3 Å². The molecule has 4 nitrogen and oxygen atoms in total. The Balaban J connectivity index is 2.09. The van der Waals surface area contributed by atoms with Gasteiger partial charge in [0.05, 0.1) is 12.5 Å². The van der Waals surface area contributed by atoms with Gasteiger partial charge in [-0.3, -0.25) is 9.69 Å². The summed E-state index contributed by atoms with van der Waals surface area (Å²) in [4.78, 5) is 13.9. The summed E-state index contributed by atoms with van der Waals surface area (Å²) >= 11 is 0. The third-order valence-electron chi connectivity index (χ3n) is 4.38. The zero-order chi connectivity index (χ0) is 15.2. The van der Waals surface area contributed by atoms with Crippen LogP contribution in [0.2, 0.25) is 0 Å². The van der Waals surface area contributed by atoms with Gasteiger partial charge in [0, 0.05) is 26.2 Å². The number of methoxy groups -OCH3 is 1. The third kappa shape index (κ3) is 4.55. The molecule has 4 heteroatoms. The van der Waals surface area contributed by atoms with Crippen molar-refractivity contribution in [3.8, 4) is 0 Å². The van der Waals surface area contributed by atoms with Gasteiger partial charge < -0.3 is 9.84 Å². The summed E-state index contributed by atoms with van der Waals surface area (Å²) in [5.74, 6) is -0.525. The van der Waals surface area contributed by atoms with Crippen LogP contribution in [0.3, 0.4) is 0 Å². The Morgan fingerprint density at radius 2 is 2.05 bits per heavy atom. The molecule has 0 heterocycles. The molecular formula is C17H25NO3. The van der Waals surface area contributed by atoms with Crippen molar-refractivity contribution in [1.82, 2.24) is 4.90 Å². The van der Waals surface area contributed by atoms with Crippen LogP contribution in [0, 0.1) is 5.92 Å². The van der Waals surface area contributed by atoms with E-state index in [0.29, 0.717) is 25.1 Å². The third-order valence-corrected chi connectivity index (χ3v) is 4.38. The summed E-state index contributed by atoms with van der Waals surface area (Å²) in [5.41, 5.74) is 0.871. The largest absolute Gasteiger partial charge is 0.481 e. The summed E-state index contributed by atoms with van der Waals surface area (Å²) in [7, 11) is 1.69. The molecule has 0 radical (unpaired) electrons. The molecule has 1 aliphatic rings. The molecule has 0 spiro atoms. The van der Waals surface area contributed by atoms with Gasteiger partial charge in [-0.05, 0) is 31.2 Å². The minimum Gasteiger partial charge on any atom is -0.481 e. The van der Waals surface area contributed by atoms with E-state index in [-0.39, 0.29) is 0 Å². The van der Waals surface area contributed by atoms with E-state index in [1.54, 1.807) is 7.11 Å². The lowest BCUT2D eigenvalue weighted by Gasteiger charge is -2.31. The monoisotopic (exact) mass is 291 g/mol. The minimum absolute atomic E-state index is 0.422. The highest BCUT2D eigenvalue weighted by Gasteiger charge is 2.34. The number of aliphatic carboxylic acids is 1. The van der Waals surface area contributed by atoms with E-state index in [4.69, 9.17) is 4.74 Å². The quantitative estimate of drug-likeness (QED) is 0.760. The number of nitrogens with zero attached hydrogens (tertiary/aromatic N) is 1. The molecule has 116 valence electrons. The Hall–Kier alpha value is -1.39. The molecule has 1 aliphatic carbocycles. The maximum absolute atomic E-state index is 11.7. The van der Waals surface area contributed by atoms with Crippen molar-refractivity contribution < 1.29 is 14.6 Å². The van der Waals surface area contributed by atoms with Crippen LogP contribution in [0.4, 0.5) is 0 Å². The SMILES string of the molecule is COCCN(CC(C(=O)O)c1ccccc1)C(C)C1CC1. The van der Waals surface area contributed by atoms with Gasteiger partial charge in [0.2, 0.25) is 0 Å². The molecule has 1 N–H and O–H groups in total. The minimum atomic E-state index is -0.758. The molecule has 0 aromatic heterocycles. The Labute approximate surface area is 126 Å². The van der Waals surface area contributed by atoms with Gasteiger partial charge >= 0.3 is 5.97 Å². The van der Waals surface area contributed by atoms with E-state index < -0.39 is 11.9 Å². The lowest BCUT2D eigenvalue weighted by molar-refractivity contribution is -0.139. The second-order valence-corrected chi connectivity index (χ2v) is 5.87. The number of benzene rings is 1. The molecule has 2 unspecified atom stereocenters. The number of carboxylic acids is 1. The van der Waals surface area contributed by atoms with E-state index in [9.17, 15) is 9.90 Å². The highest BCUT2D eigenvalue weighted by molar-refractivity contribution is 5.76. The first-order valence-corrected chi connectivity index (χ1v) is 7.64. The van der Waals surface area contributed by atoms with Crippen LogP contribution in [0.15, 0.2) is 30.3 Å². The van der Waals surface area contributed by atoms with Crippen LogP contribution in [0.25, 0.3) is 0 Å². The molecule has 21 heavy (non-hydrogen) atoms. The molecule has 0 bridgehead atoms. The fourth-order valence-electron chi connectivity index (χ4n) is 2.79. The van der Waals surface area contributed by atoms with Gasteiger partial charge in [-0.15, -0.1) is 0 Å². The molecular weight excluding hydrogens is 266 g/mol. The lowest BCUT2D eigenvalue weighted by atomic mass is 9.97. The highest BCUT2D eigenvalue weighted by Crippen LogP contribution is 2.35. The maximum atomic E-state index is 11.7. The van der Waals surface area contributed by atoms with Crippen LogP contribution in [-0.2, 0) is 9.53 Å². The second-order valence-electron chi connectivity index (χ2n) is 5.87. The number of carbonyl (C=O) groups is 1. The number of hydrogen-bond acceptors (Lipinski definition) is 3. The number of carboxylic acid groups (broad SMARTS) is 1. The molecule has 2 rings (SSSR count). The van der Waals surface area contributed by atoms with Gasteiger partial charge in [-0.2, -0.15) is 0 Å². The zero-order valence-corrected chi connectivity index (χ0v) is 12.9. The van der Waals surface area contributed by atoms with E-state index in [0.717, 1.165) is 12.1 Å². The molecule has 1 aromatic rings. The van der Waals surface area contributed by atoms with Crippen molar-refractivity contribution in [2.45, 2.75) is 31.7 Å². The number of hydrogen-bond donors (Lipinski definition) is 1. The molecule has 1 saturated carbocycles. The molecule has 2 atom stereocenters. The van der Waals surface area contributed by atoms with Gasteiger partial charge in [-0.25, -0.2) is 0 Å². The fraction of sp³-hybridized carbons (Fsp3) is 0.588. The molecule has 1 fully saturated rings. The number of ether oxygens (including phenoxy) is 1. The Bertz CT molecular complexity index is 445. The summed E-state index contributed by atoms with van der Waals surface area (Å²) in [6.45, 7) is 4.17. The summed E-state index contributed by atoms with van der Waals surface area (Å²) < 4.78 is 5.18. The van der Waals surface area contributed by atoms with Crippen LogP contribution in [0.1, 0.15) is 31.2 Å². The van der Waals surface area contributed by atoms with Crippen LogP contribution < -0.4 is 0 Å². The normalized spacial score (nSPS) is 17.7. The topological polar surface area (TPSA) is 49.8 Å². The zero-order valence-electron chi connectivity index (χ0n) is 12.9.